The van der Waals surface area contributed by atoms with Crippen molar-refractivity contribution in [2.45, 2.75) is 12.8 Å². The molecular formula is C12H12N2O2Se. The summed E-state index contributed by atoms with van der Waals surface area (Å²) in [4.78, 5) is 12.8. The minimum absolute atomic E-state index is 0.193. The first kappa shape index (κ1) is 10.8. The number of nitrogens with zero attached hydrogens (tertiary/aromatic N) is 2. The van der Waals surface area contributed by atoms with E-state index < -0.39 is 0 Å². The number of rotatable bonds is 2. The second-order valence-corrected chi connectivity index (χ2v) is 6.49. The predicted octanol–water partition coefficient (Wildman–Crippen LogP) is 2.41. The fourth-order valence-electron chi connectivity index (χ4n) is 2.22. The summed E-state index contributed by atoms with van der Waals surface area (Å²) in [5, 5.41) is 11.8. The molecule has 1 aliphatic rings. The van der Waals surface area contributed by atoms with Crippen molar-refractivity contribution < 1.29 is 4.92 Å². The number of nitro benzene ring substituents is 1. The Balaban J connectivity index is 2.03. The van der Waals surface area contributed by atoms with Crippen LogP contribution in [0.1, 0.15) is 12.8 Å². The summed E-state index contributed by atoms with van der Waals surface area (Å²) in [7, 11) is 0. The van der Waals surface area contributed by atoms with Gasteiger partial charge in [-0.25, -0.2) is 0 Å². The molecule has 3 rings (SSSR count). The van der Waals surface area contributed by atoms with Crippen LogP contribution in [0, 0.1) is 10.1 Å². The van der Waals surface area contributed by atoms with E-state index in [-0.39, 0.29) is 10.6 Å². The Labute approximate surface area is 105 Å². The van der Waals surface area contributed by atoms with Crippen molar-refractivity contribution >= 4 is 34.4 Å². The summed E-state index contributed by atoms with van der Waals surface area (Å²) in [6.07, 6.45) is 2.54. The Bertz CT molecular complexity index is 573. The van der Waals surface area contributed by atoms with E-state index >= 15 is 0 Å². The molecule has 0 saturated carbocycles. The summed E-state index contributed by atoms with van der Waals surface area (Å²) in [6, 6.07) is 7.35. The van der Waals surface area contributed by atoms with Gasteiger partial charge in [-0.2, -0.15) is 0 Å². The third kappa shape index (κ3) is 1.96. The van der Waals surface area contributed by atoms with E-state index in [9.17, 15) is 10.1 Å². The van der Waals surface area contributed by atoms with Gasteiger partial charge < -0.3 is 0 Å². The van der Waals surface area contributed by atoms with Crippen molar-refractivity contribution in [1.82, 2.24) is 0 Å². The van der Waals surface area contributed by atoms with E-state index in [1.54, 1.807) is 12.1 Å². The molecule has 1 aliphatic heterocycles. The average Bonchev–Trinajstić information content (AvgIpc) is 2.96. The van der Waals surface area contributed by atoms with E-state index in [2.05, 4.69) is 11.0 Å². The molecule has 17 heavy (non-hydrogen) atoms. The third-order valence-corrected chi connectivity index (χ3v) is 5.58. The first-order chi connectivity index (χ1) is 8.24. The zero-order valence-electron chi connectivity index (χ0n) is 9.26. The van der Waals surface area contributed by atoms with Crippen molar-refractivity contribution in [3.8, 4) is 0 Å². The maximum atomic E-state index is 10.7. The number of nitro groups is 1. The van der Waals surface area contributed by atoms with E-state index in [1.807, 2.05) is 6.07 Å². The Hall–Kier alpha value is -1.32. The molecule has 0 bridgehead atoms. The molecule has 2 aromatic rings. The van der Waals surface area contributed by atoms with E-state index in [0.717, 1.165) is 18.5 Å². The van der Waals surface area contributed by atoms with Crippen LogP contribution >= 0.6 is 0 Å². The zero-order valence-corrected chi connectivity index (χ0v) is 11.0. The molecule has 2 heterocycles. The van der Waals surface area contributed by atoms with Gasteiger partial charge in [0.25, 0.3) is 0 Å². The molecule has 0 radical (unpaired) electrons. The van der Waals surface area contributed by atoms with Crippen LogP contribution in [-0.4, -0.2) is 32.5 Å². The van der Waals surface area contributed by atoms with Crippen LogP contribution in [0.5, 0.6) is 0 Å². The first-order valence-corrected chi connectivity index (χ1v) is 7.38. The van der Waals surface area contributed by atoms with Gasteiger partial charge in [-0.1, -0.05) is 0 Å². The predicted molar refractivity (Wildman–Crippen MR) is 69.0 cm³/mol. The average molecular weight is 295 g/mol. The van der Waals surface area contributed by atoms with E-state index in [4.69, 9.17) is 0 Å². The Morgan fingerprint density at radius 1 is 1.24 bits per heavy atom. The fraction of sp³-hybridized carbons (Fsp3) is 0.333. The minimum atomic E-state index is -0.324. The number of non-ortho nitro benzene ring substituents is 1. The van der Waals surface area contributed by atoms with Gasteiger partial charge in [0.05, 0.1) is 0 Å². The maximum absolute atomic E-state index is 10.7. The van der Waals surface area contributed by atoms with Gasteiger partial charge in [0.1, 0.15) is 0 Å². The van der Waals surface area contributed by atoms with Gasteiger partial charge in [0, 0.05) is 0 Å². The monoisotopic (exact) mass is 296 g/mol. The number of hydrogen-bond donors (Lipinski definition) is 0. The third-order valence-electron chi connectivity index (χ3n) is 3.12. The molecule has 0 atom stereocenters. The molecule has 1 aromatic carbocycles. The van der Waals surface area contributed by atoms with Crippen LogP contribution in [0.3, 0.4) is 0 Å². The SMILES string of the molecule is O=[N+]([O-])c1ccc2[se]c(N3CCCC3)cc2c1. The van der Waals surface area contributed by atoms with Crippen LogP contribution in [0.4, 0.5) is 10.2 Å². The molecule has 4 nitrogen and oxygen atoms in total. The first-order valence-electron chi connectivity index (χ1n) is 5.67. The molecule has 0 unspecified atom stereocenters. The van der Waals surface area contributed by atoms with E-state index in [1.165, 1.54) is 21.7 Å². The Kier molecular flexibility index (Phi) is 2.65. The standard InChI is InChI=1S/C12H12N2O2Se/c15-14(16)10-3-4-11-9(7-10)8-12(17-11)13-5-1-2-6-13/h3-4,7-8H,1-2,5-6H2. The summed E-state index contributed by atoms with van der Waals surface area (Å²) in [6.45, 7) is 2.29. The molecule has 0 aliphatic carbocycles. The van der Waals surface area contributed by atoms with E-state index in [0.29, 0.717) is 14.5 Å². The van der Waals surface area contributed by atoms with Gasteiger partial charge in [-0.15, -0.1) is 0 Å². The molecular weight excluding hydrogens is 283 g/mol. The summed E-state index contributed by atoms with van der Waals surface area (Å²) < 4.78 is 2.65. The number of anilines is 1. The van der Waals surface area contributed by atoms with Crippen molar-refractivity contribution in [3.05, 3.63) is 34.4 Å². The van der Waals surface area contributed by atoms with Crippen molar-refractivity contribution in [2.75, 3.05) is 18.0 Å². The van der Waals surface area contributed by atoms with Crippen molar-refractivity contribution in [1.29, 1.82) is 0 Å². The quantitative estimate of drug-likeness (QED) is 0.485. The van der Waals surface area contributed by atoms with Crippen molar-refractivity contribution in [3.63, 3.8) is 0 Å². The molecule has 0 amide bonds. The van der Waals surface area contributed by atoms with Gasteiger partial charge in [0.15, 0.2) is 0 Å². The van der Waals surface area contributed by atoms with Crippen LogP contribution in [0.15, 0.2) is 24.3 Å². The van der Waals surface area contributed by atoms with Gasteiger partial charge >= 0.3 is 105 Å². The van der Waals surface area contributed by atoms with Crippen LogP contribution in [0.25, 0.3) is 9.65 Å². The molecule has 1 aromatic heterocycles. The van der Waals surface area contributed by atoms with Gasteiger partial charge in [0.2, 0.25) is 0 Å². The van der Waals surface area contributed by atoms with Crippen LogP contribution in [0.2, 0.25) is 0 Å². The fourth-order valence-corrected chi connectivity index (χ4v) is 4.52. The Morgan fingerprint density at radius 2 is 2.00 bits per heavy atom. The number of benzene rings is 1. The molecule has 0 spiro atoms. The Morgan fingerprint density at radius 3 is 2.71 bits per heavy atom. The van der Waals surface area contributed by atoms with Gasteiger partial charge in [-0.3, -0.25) is 0 Å². The molecule has 88 valence electrons. The normalized spacial score (nSPS) is 15.6. The van der Waals surface area contributed by atoms with Crippen molar-refractivity contribution in [2.24, 2.45) is 0 Å². The second kappa shape index (κ2) is 4.17. The summed E-state index contributed by atoms with van der Waals surface area (Å²) in [5.74, 6) is 0. The molecule has 0 N–H and O–H groups in total. The second-order valence-electron chi connectivity index (χ2n) is 4.26. The molecule has 5 heteroatoms. The molecule has 1 fully saturated rings. The summed E-state index contributed by atoms with van der Waals surface area (Å²) >= 11 is 0.328. The zero-order chi connectivity index (χ0) is 11.8. The van der Waals surface area contributed by atoms with Gasteiger partial charge in [-0.05, 0) is 0 Å². The summed E-state index contributed by atoms with van der Waals surface area (Å²) in [5.41, 5.74) is 0.193. The number of hydrogen-bond acceptors (Lipinski definition) is 3. The number of fused-ring (bicyclic) bond motifs is 1. The van der Waals surface area contributed by atoms with Crippen LogP contribution in [-0.2, 0) is 0 Å². The van der Waals surface area contributed by atoms with Crippen LogP contribution < -0.4 is 4.90 Å². The molecule has 1 saturated heterocycles. The topological polar surface area (TPSA) is 46.4 Å².